The number of alkyl halides is 3. The molecule has 1 fully saturated rings. The highest BCUT2D eigenvalue weighted by Crippen LogP contribution is 2.35. The predicted molar refractivity (Wildman–Crippen MR) is 119 cm³/mol. The quantitative estimate of drug-likeness (QED) is 0.474. The van der Waals surface area contributed by atoms with Gasteiger partial charge < -0.3 is 4.74 Å². The topological polar surface area (TPSA) is 109 Å². The Hall–Kier alpha value is -4.02. The van der Waals surface area contributed by atoms with Crippen molar-refractivity contribution in [2.45, 2.75) is 31.1 Å². The lowest BCUT2D eigenvalue weighted by Gasteiger charge is -2.31. The number of rotatable bonds is 5. The van der Waals surface area contributed by atoms with Gasteiger partial charge in [-0.1, -0.05) is 11.6 Å². The number of nitriles is 1. The highest BCUT2D eigenvalue weighted by Gasteiger charge is 2.39. The van der Waals surface area contributed by atoms with Crippen LogP contribution in [0.2, 0.25) is 5.02 Å². The first-order valence-electron chi connectivity index (χ1n) is 10.5. The fraction of sp³-hybridized carbons (Fsp3) is 0.217. The van der Waals surface area contributed by atoms with Gasteiger partial charge in [-0.05, 0) is 42.8 Å². The van der Waals surface area contributed by atoms with Gasteiger partial charge in [-0.2, -0.15) is 18.4 Å². The molecule has 1 aliphatic rings. The summed E-state index contributed by atoms with van der Waals surface area (Å²) >= 11 is 5.88. The van der Waals surface area contributed by atoms with E-state index in [1.54, 1.807) is 6.07 Å². The predicted octanol–water partition coefficient (Wildman–Crippen LogP) is 4.03. The van der Waals surface area contributed by atoms with Crippen molar-refractivity contribution in [3.63, 3.8) is 0 Å². The zero-order valence-corrected chi connectivity index (χ0v) is 19.2. The lowest BCUT2D eigenvalue weighted by molar-refractivity contribution is -0.142. The van der Waals surface area contributed by atoms with Crippen molar-refractivity contribution in [2.24, 2.45) is 0 Å². The highest BCUT2D eigenvalue weighted by atomic mass is 35.5. The molecule has 2 aromatic carbocycles. The number of ether oxygens (including phenoxy) is 1. The van der Waals surface area contributed by atoms with E-state index in [2.05, 4.69) is 15.8 Å². The van der Waals surface area contributed by atoms with Crippen molar-refractivity contribution in [1.29, 1.82) is 5.26 Å². The summed E-state index contributed by atoms with van der Waals surface area (Å²) in [6, 6.07) is 7.09. The molecule has 37 heavy (non-hydrogen) atoms. The SMILES string of the molecule is N#Cc1cc(Cl)cc(Oc2c(C(F)(F)F)ncn(CC3CC(c4cc(F)ccc4F)C(=O)NN3)c2=O)c1. The van der Waals surface area contributed by atoms with E-state index in [0.29, 0.717) is 6.33 Å². The number of carbonyl (C=O) groups is 1. The summed E-state index contributed by atoms with van der Waals surface area (Å²) in [6.45, 7) is -0.312. The second-order valence-electron chi connectivity index (χ2n) is 8.05. The molecule has 3 aromatic rings. The van der Waals surface area contributed by atoms with E-state index in [-0.39, 0.29) is 34.9 Å². The van der Waals surface area contributed by atoms with Crippen LogP contribution in [0, 0.1) is 23.0 Å². The third-order valence-electron chi connectivity index (χ3n) is 5.47. The van der Waals surface area contributed by atoms with Crippen LogP contribution >= 0.6 is 11.6 Å². The maximum absolute atomic E-state index is 14.3. The average molecular weight is 540 g/mol. The second-order valence-corrected chi connectivity index (χ2v) is 8.49. The van der Waals surface area contributed by atoms with Gasteiger partial charge in [-0.15, -0.1) is 0 Å². The van der Waals surface area contributed by atoms with E-state index >= 15 is 0 Å². The lowest BCUT2D eigenvalue weighted by Crippen LogP contribution is -2.54. The van der Waals surface area contributed by atoms with Gasteiger partial charge in [0, 0.05) is 23.2 Å². The number of amides is 1. The molecule has 0 bridgehead atoms. The molecule has 0 saturated carbocycles. The Morgan fingerprint density at radius 3 is 2.65 bits per heavy atom. The highest BCUT2D eigenvalue weighted by molar-refractivity contribution is 6.30. The lowest BCUT2D eigenvalue weighted by atomic mass is 9.89. The fourth-order valence-electron chi connectivity index (χ4n) is 3.82. The molecule has 1 aromatic heterocycles. The number of halogens is 6. The molecule has 2 heterocycles. The number of aromatic nitrogens is 2. The molecular weight excluding hydrogens is 525 g/mol. The zero-order valence-electron chi connectivity index (χ0n) is 18.4. The average Bonchev–Trinajstić information content (AvgIpc) is 2.83. The zero-order chi connectivity index (χ0) is 26.9. The summed E-state index contributed by atoms with van der Waals surface area (Å²) in [5, 5.41) is 9.06. The fourth-order valence-corrected chi connectivity index (χ4v) is 4.04. The standard InChI is InChI=1S/C23H15ClF5N5O3/c24-12-3-11(8-30)4-15(5-12)37-19-20(23(27,28)29)31-10-34(22(19)36)9-14-7-17(21(35)33-32-14)16-6-13(25)1-2-18(16)26/h1-6,10,14,17,32H,7,9H2,(H,33,35). The molecule has 0 spiro atoms. The van der Waals surface area contributed by atoms with Crippen LogP contribution in [-0.2, 0) is 17.5 Å². The van der Waals surface area contributed by atoms with E-state index in [9.17, 15) is 31.5 Å². The third kappa shape index (κ3) is 5.71. The van der Waals surface area contributed by atoms with E-state index in [1.165, 1.54) is 6.07 Å². The summed E-state index contributed by atoms with van der Waals surface area (Å²) in [7, 11) is 0. The molecule has 192 valence electrons. The maximum atomic E-state index is 14.3. The third-order valence-corrected chi connectivity index (χ3v) is 5.69. The van der Waals surface area contributed by atoms with E-state index in [0.717, 1.165) is 34.9 Å². The first-order chi connectivity index (χ1) is 17.5. The Morgan fingerprint density at radius 1 is 1.19 bits per heavy atom. The van der Waals surface area contributed by atoms with Crippen molar-refractivity contribution in [3.8, 4) is 17.6 Å². The van der Waals surface area contributed by atoms with Crippen LogP contribution in [0.5, 0.6) is 11.5 Å². The van der Waals surface area contributed by atoms with Crippen LogP contribution in [0.4, 0.5) is 22.0 Å². The van der Waals surface area contributed by atoms with Gasteiger partial charge in [0.15, 0.2) is 5.69 Å². The van der Waals surface area contributed by atoms with Gasteiger partial charge in [0.1, 0.15) is 17.4 Å². The Balaban J connectivity index is 1.66. The molecule has 0 aliphatic carbocycles. The maximum Gasteiger partial charge on any atom is 0.437 e. The molecule has 0 radical (unpaired) electrons. The van der Waals surface area contributed by atoms with Crippen molar-refractivity contribution in [1.82, 2.24) is 20.4 Å². The summed E-state index contributed by atoms with van der Waals surface area (Å²) in [6.07, 6.45) is -4.51. The van der Waals surface area contributed by atoms with E-state index in [1.807, 2.05) is 0 Å². The molecule has 2 unspecified atom stereocenters. The minimum Gasteiger partial charge on any atom is -0.449 e. The van der Waals surface area contributed by atoms with E-state index in [4.69, 9.17) is 21.6 Å². The first-order valence-corrected chi connectivity index (χ1v) is 10.9. The molecule has 1 saturated heterocycles. The van der Waals surface area contributed by atoms with Crippen LogP contribution in [0.1, 0.15) is 29.2 Å². The van der Waals surface area contributed by atoms with Gasteiger partial charge in [-0.25, -0.2) is 19.2 Å². The van der Waals surface area contributed by atoms with Crippen molar-refractivity contribution in [3.05, 3.63) is 86.6 Å². The second kappa shape index (κ2) is 10.2. The Morgan fingerprint density at radius 2 is 1.95 bits per heavy atom. The van der Waals surface area contributed by atoms with Gasteiger partial charge in [0.25, 0.3) is 5.56 Å². The van der Waals surface area contributed by atoms with Crippen molar-refractivity contribution < 1.29 is 31.5 Å². The molecule has 14 heteroatoms. The Labute approximate surface area is 210 Å². The van der Waals surface area contributed by atoms with Crippen LogP contribution in [0.15, 0.2) is 47.5 Å². The van der Waals surface area contributed by atoms with Crippen LogP contribution < -0.4 is 21.1 Å². The van der Waals surface area contributed by atoms with Gasteiger partial charge in [0.05, 0.1) is 23.9 Å². The minimum atomic E-state index is -5.05. The normalized spacial score (nSPS) is 17.7. The number of benzene rings is 2. The summed E-state index contributed by atoms with van der Waals surface area (Å²) in [4.78, 5) is 28.7. The van der Waals surface area contributed by atoms with Gasteiger partial charge in [-0.3, -0.25) is 19.6 Å². The number of nitrogens with zero attached hydrogens (tertiary/aromatic N) is 3. The number of hydrazine groups is 1. The summed E-state index contributed by atoms with van der Waals surface area (Å²) in [5.41, 5.74) is 1.86. The van der Waals surface area contributed by atoms with Crippen LogP contribution in [0.3, 0.4) is 0 Å². The van der Waals surface area contributed by atoms with Crippen LogP contribution in [0.25, 0.3) is 0 Å². The summed E-state index contributed by atoms with van der Waals surface area (Å²) < 4.78 is 74.8. The monoisotopic (exact) mass is 539 g/mol. The number of nitrogens with one attached hydrogen (secondary N) is 2. The Kier molecular flexibility index (Phi) is 7.15. The number of hydrogen-bond donors (Lipinski definition) is 2. The van der Waals surface area contributed by atoms with Gasteiger partial charge >= 0.3 is 6.18 Å². The van der Waals surface area contributed by atoms with Crippen LogP contribution in [-0.4, -0.2) is 21.5 Å². The number of hydrogen-bond acceptors (Lipinski definition) is 6. The molecule has 2 atom stereocenters. The molecule has 1 aliphatic heterocycles. The largest absolute Gasteiger partial charge is 0.449 e. The van der Waals surface area contributed by atoms with Gasteiger partial charge in [0.2, 0.25) is 11.7 Å². The Bertz CT molecular complexity index is 1470. The number of carbonyl (C=O) groups excluding carboxylic acids is 1. The molecular formula is C23H15ClF5N5O3. The van der Waals surface area contributed by atoms with Crippen molar-refractivity contribution >= 4 is 17.5 Å². The first kappa shape index (κ1) is 26.1. The molecule has 8 nitrogen and oxygen atoms in total. The molecule has 1 amide bonds. The molecule has 4 rings (SSSR count). The smallest absolute Gasteiger partial charge is 0.437 e. The van der Waals surface area contributed by atoms with E-state index < -0.39 is 52.7 Å². The minimum absolute atomic E-state index is 0.00963. The molecule has 2 N–H and O–H groups in total. The summed E-state index contributed by atoms with van der Waals surface area (Å²) in [5.74, 6) is -4.82. The van der Waals surface area contributed by atoms with Crippen molar-refractivity contribution in [2.75, 3.05) is 0 Å².